The fourth-order valence-electron chi connectivity index (χ4n) is 9.07. The highest BCUT2D eigenvalue weighted by Gasteiger charge is 2.79. The first-order valence-electron chi connectivity index (χ1n) is 15.9. The molecule has 0 saturated heterocycles. The number of benzene rings is 3. The Morgan fingerprint density at radius 3 is 1.82 bits per heavy atom. The standard InChI is InChI=1S/C35H33F5O8S2/c1-21(41)29(42)48-33-18-22-15-23(19-33)17-32(16-22,20-33)31(43)47-30(34(36,37)38)35(39,40)50(44,45,46)49(24-9-3-2-4-10-24)27-13-7-5-11-25(27)26-12-6-8-14-28(26)49/h2-14,22-23,30H,15-20H2,1H3,(H2,44,45,46). The van der Waals surface area contributed by atoms with Gasteiger partial charge in [-0.3, -0.25) is 18.7 Å². The number of halogens is 5. The lowest BCUT2D eigenvalue weighted by atomic mass is 9.48. The molecule has 3 unspecified atom stereocenters. The van der Waals surface area contributed by atoms with Crippen LogP contribution in [0.2, 0.25) is 0 Å². The fourth-order valence-corrected chi connectivity index (χ4v) is 19.2. The number of alkyl halides is 5. The van der Waals surface area contributed by atoms with Gasteiger partial charge in [0.2, 0.25) is 5.78 Å². The maximum absolute atomic E-state index is 17.1. The van der Waals surface area contributed by atoms with Gasteiger partial charge in [-0.2, -0.15) is 22.0 Å². The predicted octanol–water partition coefficient (Wildman–Crippen LogP) is 8.17. The molecule has 15 heteroatoms. The van der Waals surface area contributed by atoms with Crippen molar-refractivity contribution in [3.05, 3.63) is 78.9 Å². The van der Waals surface area contributed by atoms with E-state index in [1.54, 1.807) is 0 Å². The molecule has 1 aliphatic heterocycles. The molecule has 2 N–H and O–H groups in total. The van der Waals surface area contributed by atoms with E-state index < -0.39 is 64.0 Å². The Morgan fingerprint density at radius 2 is 1.32 bits per heavy atom. The highest BCUT2D eigenvalue weighted by atomic mass is 33.2. The molecule has 8 rings (SSSR count). The third-order valence-corrected chi connectivity index (χ3v) is 20.5. The summed E-state index contributed by atoms with van der Waals surface area (Å²) in [6, 6.07) is 17.7. The van der Waals surface area contributed by atoms with Crippen LogP contribution in [0.15, 0.2) is 93.5 Å². The van der Waals surface area contributed by atoms with Crippen molar-refractivity contribution in [2.24, 2.45) is 17.3 Å². The molecule has 0 radical (unpaired) electrons. The van der Waals surface area contributed by atoms with Crippen molar-refractivity contribution in [3.63, 3.8) is 0 Å². The van der Waals surface area contributed by atoms with E-state index in [0.717, 1.165) is 6.92 Å². The Bertz CT molecular complexity index is 1930. The summed E-state index contributed by atoms with van der Waals surface area (Å²) < 4.78 is 129. The smallest absolute Gasteiger partial charge is 0.432 e. The van der Waals surface area contributed by atoms with Crippen molar-refractivity contribution in [1.29, 1.82) is 0 Å². The molecular formula is C35H33F5O8S2. The molecule has 3 atom stereocenters. The Kier molecular flexibility index (Phi) is 7.60. The molecule has 4 bridgehead atoms. The summed E-state index contributed by atoms with van der Waals surface area (Å²) in [4.78, 5) is 37.1. The number of carbonyl (C=O) groups excluding carboxylic acids is 3. The van der Waals surface area contributed by atoms with Crippen molar-refractivity contribution in [1.82, 2.24) is 0 Å². The first-order chi connectivity index (χ1) is 23.3. The summed E-state index contributed by atoms with van der Waals surface area (Å²) in [5.74, 6) is -4.52. The second-order valence-corrected chi connectivity index (χ2v) is 21.8. The number of hydrogen-bond acceptors (Lipinski definition) is 6. The highest BCUT2D eigenvalue weighted by Crippen LogP contribution is 2.87. The Balaban J connectivity index is 1.36. The number of ether oxygens (including phenoxy) is 2. The molecule has 5 aliphatic rings. The van der Waals surface area contributed by atoms with Crippen LogP contribution in [0.3, 0.4) is 0 Å². The Hall–Kier alpha value is -3.66. The average molecular weight is 741 g/mol. The van der Waals surface area contributed by atoms with Gasteiger partial charge in [-0.25, -0.2) is 9.00 Å². The number of Topliss-reactive ketones (excluding diaryl/α,β-unsaturated/α-hetero) is 1. The summed E-state index contributed by atoms with van der Waals surface area (Å²) >= 11 is 0. The van der Waals surface area contributed by atoms with Crippen LogP contribution < -0.4 is 0 Å². The quantitative estimate of drug-likeness (QED) is 0.103. The lowest BCUT2D eigenvalue weighted by Crippen LogP contribution is -2.65. The monoisotopic (exact) mass is 740 g/mol. The zero-order chi connectivity index (χ0) is 36.1. The van der Waals surface area contributed by atoms with Crippen LogP contribution in [-0.4, -0.2) is 54.2 Å². The van der Waals surface area contributed by atoms with Crippen LogP contribution in [0.25, 0.3) is 11.1 Å². The van der Waals surface area contributed by atoms with Gasteiger partial charge in [-0.1, -0.05) is 63.7 Å². The van der Waals surface area contributed by atoms with Gasteiger partial charge in [0.25, 0.3) is 6.10 Å². The summed E-state index contributed by atoms with van der Waals surface area (Å²) in [6.45, 7) is 0.978. The summed E-state index contributed by atoms with van der Waals surface area (Å²) in [7, 11) is -12.6. The first-order valence-corrected chi connectivity index (χ1v) is 19.9. The molecule has 3 aromatic rings. The second-order valence-electron chi connectivity index (χ2n) is 13.9. The van der Waals surface area contributed by atoms with Gasteiger partial charge in [-0.15, -0.1) is 0 Å². The van der Waals surface area contributed by atoms with Crippen LogP contribution >= 0.6 is 9.06 Å². The van der Waals surface area contributed by atoms with Crippen LogP contribution in [0.1, 0.15) is 45.4 Å². The van der Waals surface area contributed by atoms with Gasteiger partial charge in [0.05, 0.1) is 5.41 Å². The average Bonchev–Trinajstić information content (AvgIpc) is 3.34. The van der Waals surface area contributed by atoms with E-state index in [4.69, 9.17) is 9.47 Å². The van der Waals surface area contributed by atoms with Crippen molar-refractivity contribution in [2.75, 3.05) is 0 Å². The molecule has 3 aromatic carbocycles. The zero-order valence-electron chi connectivity index (χ0n) is 26.5. The first kappa shape index (κ1) is 34.8. The number of carbonyl (C=O) groups is 3. The van der Waals surface area contributed by atoms with E-state index in [1.807, 2.05) is 0 Å². The molecule has 4 fully saturated rings. The van der Waals surface area contributed by atoms with Crippen molar-refractivity contribution in [2.45, 2.75) is 83.3 Å². The summed E-state index contributed by atoms with van der Waals surface area (Å²) in [6.07, 6.45) is -10.2. The summed E-state index contributed by atoms with van der Waals surface area (Å²) in [5, 5.41) is -6.04. The minimum Gasteiger partial charge on any atom is -0.453 e. The van der Waals surface area contributed by atoms with Crippen LogP contribution in [0, 0.1) is 17.3 Å². The topological polar surface area (TPSA) is 127 Å². The minimum atomic E-state index is -8.04. The predicted molar refractivity (Wildman–Crippen MR) is 172 cm³/mol. The minimum absolute atomic E-state index is 0.0603. The Labute approximate surface area is 284 Å². The number of fused-ring (bicyclic) bond motifs is 3. The number of ketones is 1. The van der Waals surface area contributed by atoms with Gasteiger partial charge in [0.15, 0.2) is 8.66 Å². The molecule has 268 valence electrons. The molecule has 0 spiro atoms. The van der Waals surface area contributed by atoms with E-state index in [2.05, 4.69) is 0 Å². The number of rotatable bonds is 8. The third-order valence-electron chi connectivity index (χ3n) is 10.5. The third kappa shape index (κ3) is 4.68. The van der Waals surface area contributed by atoms with Gasteiger partial charge < -0.3 is 9.47 Å². The van der Waals surface area contributed by atoms with Crippen molar-refractivity contribution in [3.8, 4) is 11.1 Å². The summed E-state index contributed by atoms with van der Waals surface area (Å²) in [5.41, 5.74) is -2.89. The fraction of sp³-hybridized carbons (Fsp3) is 0.400. The van der Waals surface area contributed by atoms with E-state index in [0.29, 0.717) is 6.42 Å². The molecule has 1 heterocycles. The molecule has 0 amide bonds. The number of hydrogen-bond donors (Lipinski definition) is 2. The Morgan fingerprint density at radius 1 is 0.820 bits per heavy atom. The van der Waals surface area contributed by atoms with E-state index >= 15 is 13.0 Å². The van der Waals surface area contributed by atoms with Crippen LogP contribution in [0.5, 0.6) is 0 Å². The van der Waals surface area contributed by atoms with Crippen molar-refractivity contribution < 1.29 is 59.1 Å². The van der Waals surface area contributed by atoms with Gasteiger partial charge in [0.1, 0.15) is 5.60 Å². The molecule has 4 saturated carbocycles. The molecule has 8 nitrogen and oxygen atoms in total. The van der Waals surface area contributed by atoms with E-state index in [1.165, 1.54) is 78.9 Å². The van der Waals surface area contributed by atoms with Gasteiger partial charge in [0, 0.05) is 28.0 Å². The van der Waals surface area contributed by atoms with Gasteiger partial charge in [-0.05, 0) is 79.3 Å². The van der Waals surface area contributed by atoms with Crippen LogP contribution in [0.4, 0.5) is 22.0 Å². The second kappa shape index (κ2) is 10.9. The lowest BCUT2D eigenvalue weighted by molar-refractivity contribution is -0.270. The largest absolute Gasteiger partial charge is 0.453 e. The van der Waals surface area contributed by atoms with Crippen LogP contribution in [-0.2, 0) is 32.5 Å². The van der Waals surface area contributed by atoms with E-state index in [9.17, 15) is 36.7 Å². The van der Waals surface area contributed by atoms with E-state index in [-0.39, 0.29) is 69.8 Å². The number of esters is 2. The normalized spacial score (nSPS) is 28.4. The maximum Gasteiger partial charge on any atom is 0.432 e. The van der Waals surface area contributed by atoms with Gasteiger partial charge >= 0.3 is 23.4 Å². The van der Waals surface area contributed by atoms with Crippen molar-refractivity contribution >= 4 is 35.4 Å². The maximum atomic E-state index is 17.1. The highest BCUT2D eigenvalue weighted by molar-refractivity contribution is 8.98. The molecular weight excluding hydrogens is 708 g/mol. The SMILES string of the molecule is CC(=O)C(=O)OC12CC3CC(C1)CC(C(=O)OC(C(F)(F)F)C(F)(F)S(=O)(O)(O)S1(c4ccccc4)c4ccccc4-c4ccccc41)(C3)C2. The molecule has 4 aliphatic carbocycles. The zero-order valence-corrected chi connectivity index (χ0v) is 28.2. The molecule has 0 aromatic heterocycles. The lowest BCUT2D eigenvalue weighted by Gasteiger charge is -2.60. The molecule has 50 heavy (non-hydrogen) atoms.